The van der Waals surface area contributed by atoms with Gasteiger partial charge in [-0.2, -0.15) is 5.26 Å². The highest BCUT2D eigenvalue weighted by Gasteiger charge is 2.20. The van der Waals surface area contributed by atoms with Gasteiger partial charge >= 0.3 is 5.97 Å². The van der Waals surface area contributed by atoms with Gasteiger partial charge in [-0.25, -0.2) is 4.79 Å². The molecule has 28 heavy (non-hydrogen) atoms. The van der Waals surface area contributed by atoms with Crippen LogP contribution in [0.3, 0.4) is 0 Å². The molecule has 0 aliphatic heterocycles. The standard InChI is InChI=1S/C23H18N2O3/c1-16(28-23(27)19-13-11-17(15-24)12-14-19)22(26)25-21-10-6-5-9-20(21)18-7-3-2-4-8-18/h2-14,16H,1H3,(H,25,26)/t16-/m1/s1. The second-order valence-electron chi connectivity index (χ2n) is 6.14. The SMILES string of the molecule is C[C@@H](OC(=O)c1ccc(C#N)cc1)C(=O)Nc1ccccc1-c1ccccc1. The third kappa shape index (κ3) is 4.43. The van der Waals surface area contributed by atoms with Crippen LogP contribution in [-0.4, -0.2) is 18.0 Å². The lowest BCUT2D eigenvalue weighted by atomic mass is 10.0. The number of hydrogen-bond donors (Lipinski definition) is 1. The number of hydrogen-bond acceptors (Lipinski definition) is 4. The first kappa shape index (κ1) is 18.9. The number of nitrogens with zero attached hydrogens (tertiary/aromatic N) is 1. The van der Waals surface area contributed by atoms with Crippen LogP contribution in [0.1, 0.15) is 22.8 Å². The number of esters is 1. The average molecular weight is 370 g/mol. The van der Waals surface area contributed by atoms with Crippen LogP contribution in [-0.2, 0) is 9.53 Å². The first-order chi connectivity index (χ1) is 13.6. The second-order valence-corrected chi connectivity index (χ2v) is 6.14. The molecule has 0 heterocycles. The Bertz CT molecular complexity index is 1020. The van der Waals surface area contributed by atoms with Crippen molar-refractivity contribution in [2.75, 3.05) is 5.32 Å². The van der Waals surface area contributed by atoms with E-state index in [-0.39, 0.29) is 5.56 Å². The number of anilines is 1. The normalized spacial score (nSPS) is 11.1. The molecule has 138 valence electrons. The summed E-state index contributed by atoms with van der Waals surface area (Å²) in [7, 11) is 0. The van der Waals surface area contributed by atoms with Crippen LogP contribution in [0.2, 0.25) is 0 Å². The summed E-state index contributed by atoms with van der Waals surface area (Å²) in [6.07, 6.45) is -0.980. The molecule has 5 heteroatoms. The summed E-state index contributed by atoms with van der Waals surface area (Å²) in [5.41, 5.74) is 3.21. The zero-order valence-corrected chi connectivity index (χ0v) is 15.3. The van der Waals surface area contributed by atoms with Gasteiger partial charge in [-0.05, 0) is 42.8 Å². The smallest absolute Gasteiger partial charge is 0.338 e. The molecule has 1 N–H and O–H groups in total. The number of benzene rings is 3. The Morgan fingerprint density at radius 3 is 2.25 bits per heavy atom. The molecule has 0 radical (unpaired) electrons. The summed E-state index contributed by atoms with van der Waals surface area (Å²) >= 11 is 0. The second kappa shape index (κ2) is 8.65. The summed E-state index contributed by atoms with van der Waals surface area (Å²) in [5, 5.41) is 11.6. The molecule has 1 amide bonds. The number of para-hydroxylation sites is 1. The lowest BCUT2D eigenvalue weighted by Gasteiger charge is -2.16. The van der Waals surface area contributed by atoms with Gasteiger partial charge in [0.2, 0.25) is 0 Å². The Balaban J connectivity index is 1.69. The monoisotopic (exact) mass is 370 g/mol. The maximum Gasteiger partial charge on any atom is 0.338 e. The van der Waals surface area contributed by atoms with Crippen LogP contribution >= 0.6 is 0 Å². The highest BCUT2D eigenvalue weighted by atomic mass is 16.5. The number of nitriles is 1. The molecular formula is C23H18N2O3. The van der Waals surface area contributed by atoms with Crippen molar-refractivity contribution < 1.29 is 14.3 Å². The first-order valence-electron chi connectivity index (χ1n) is 8.75. The minimum atomic E-state index is -0.980. The molecule has 1 atom stereocenters. The van der Waals surface area contributed by atoms with Crippen LogP contribution in [0.15, 0.2) is 78.9 Å². The van der Waals surface area contributed by atoms with Gasteiger partial charge in [0.15, 0.2) is 6.10 Å². The molecular weight excluding hydrogens is 352 g/mol. The largest absolute Gasteiger partial charge is 0.449 e. The van der Waals surface area contributed by atoms with E-state index in [4.69, 9.17) is 10.00 Å². The van der Waals surface area contributed by atoms with E-state index in [1.165, 1.54) is 31.2 Å². The molecule has 0 unspecified atom stereocenters. The summed E-state index contributed by atoms with van der Waals surface area (Å²) in [6.45, 7) is 1.52. The number of rotatable bonds is 5. The van der Waals surface area contributed by atoms with E-state index >= 15 is 0 Å². The maximum absolute atomic E-state index is 12.5. The van der Waals surface area contributed by atoms with Gasteiger partial charge < -0.3 is 10.1 Å². The van der Waals surface area contributed by atoms with E-state index in [1.54, 1.807) is 6.07 Å². The first-order valence-corrected chi connectivity index (χ1v) is 8.75. The minimum Gasteiger partial charge on any atom is -0.449 e. The third-order valence-corrected chi connectivity index (χ3v) is 4.17. The molecule has 3 aromatic carbocycles. The van der Waals surface area contributed by atoms with Crippen molar-refractivity contribution in [2.45, 2.75) is 13.0 Å². The van der Waals surface area contributed by atoms with Gasteiger partial charge in [0, 0.05) is 11.3 Å². The van der Waals surface area contributed by atoms with Crippen LogP contribution in [0.5, 0.6) is 0 Å². The predicted octanol–water partition coefficient (Wildman–Crippen LogP) is 4.41. The van der Waals surface area contributed by atoms with Crippen molar-refractivity contribution in [2.24, 2.45) is 0 Å². The van der Waals surface area contributed by atoms with Crippen molar-refractivity contribution in [3.8, 4) is 17.2 Å². The van der Waals surface area contributed by atoms with Gasteiger partial charge in [-0.3, -0.25) is 4.79 Å². The van der Waals surface area contributed by atoms with E-state index in [1.807, 2.05) is 54.6 Å². The number of carbonyl (C=O) groups is 2. The summed E-state index contributed by atoms with van der Waals surface area (Å²) in [5.74, 6) is -1.05. The van der Waals surface area contributed by atoms with Crippen LogP contribution in [0.4, 0.5) is 5.69 Å². The van der Waals surface area contributed by atoms with Crippen LogP contribution in [0, 0.1) is 11.3 Å². The van der Waals surface area contributed by atoms with E-state index in [0.717, 1.165) is 11.1 Å². The Labute approximate surface area is 163 Å². The molecule has 3 rings (SSSR count). The van der Waals surface area contributed by atoms with Gasteiger partial charge in [-0.15, -0.1) is 0 Å². The lowest BCUT2D eigenvalue weighted by Crippen LogP contribution is -2.30. The molecule has 0 spiro atoms. The number of amides is 1. The van der Waals surface area contributed by atoms with Crippen LogP contribution in [0.25, 0.3) is 11.1 Å². The molecule has 0 aliphatic carbocycles. The van der Waals surface area contributed by atoms with Crippen molar-refractivity contribution in [3.63, 3.8) is 0 Å². The third-order valence-electron chi connectivity index (χ3n) is 4.17. The summed E-state index contributed by atoms with van der Waals surface area (Å²) in [4.78, 5) is 24.7. The maximum atomic E-state index is 12.5. The van der Waals surface area contributed by atoms with Crippen molar-refractivity contribution in [3.05, 3.63) is 90.0 Å². The van der Waals surface area contributed by atoms with Gasteiger partial charge in [0.25, 0.3) is 5.91 Å². The Morgan fingerprint density at radius 2 is 1.57 bits per heavy atom. The van der Waals surface area contributed by atoms with Crippen LogP contribution < -0.4 is 5.32 Å². The van der Waals surface area contributed by atoms with Gasteiger partial charge in [0.05, 0.1) is 17.2 Å². The van der Waals surface area contributed by atoms with Crippen molar-refractivity contribution >= 4 is 17.6 Å². The highest BCUT2D eigenvalue weighted by molar-refractivity contribution is 5.99. The Morgan fingerprint density at radius 1 is 0.929 bits per heavy atom. The molecule has 0 saturated heterocycles. The molecule has 5 nitrogen and oxygen atoms in total. The molecule has 0 bridgehead atoms. The van der Waals surface area contributed by atoms with E-state index in [9.17, 15) is 9.59 Å². The Kier molecular flexibility index (Phi) is 5.83. The molecule has 0 aromatic heterocycles. The van der Waals surface area contributed by atoms with Gasteiger partial charge in [0.1, 0.15) is 0 Å². The zero-order chi connectivity index (χ0) is 19.9. The topological polar surface area (TPSA) is 79.2 Å². The minimum absolute atomic E-state index is 0.281. The molecule has 0 fully saturated rings. The summed E-state index contributed by atoms with van der Waals surface area (Å²) < 4.78 is 5.26. The van der Waals surface area contributed by atoms with E-state index < -0.39 is 18.0 Å². The fraction of sp³-hybridized carbons (Fsp3) is 0.0870. The molecule has 3 aromatic rings. The predicted molar refractivity (Wildman–Crippen MR) is 107 cm³/mol. The molecule has 0 saturated carbocycles. The fourth-order valence-corrected chi connectivity index (χ4v) is 2.66. The summed E-state index contributed by atoms with van der Waals surface area (Å²) in [6, 6.07) is 25.2. The quantitative estimate of drug-likeness (QED) is 0.675. The number of ether oxygens (including phenoxy) is 1. The van der Waals surface area contributed by atoms with E-state index in [0.29, 0.717) is 11.3 Å². The van der Waals surface area contributed by atoms with Gasteiger partial charge in [-0.1, -0.05) is 48.5 Å². The van der Waals surface area contributed by atoms with Crippen molar-refractivity contribution in [1.29, 1.82) is 5.26 Å². The highest BCUT2D eigenvalue weighted by Crippen LogP contribution is 2.27. The fourth-order valence-electron chi connectivity index (χ4n) is 2.66. The average Bonchev–Trinajstić information content (AvgIpc) is 2.74. The number of carbonyl (C=O) groups excluding carboxylic acids is 2. The lowest BCUT2D eigenvalue weighted by molar-refractivity contribution is -0.123. The molecule has 0 aliphatic rings. The zero-order valence-electron chi connectivity index (χ0n) is 15.3. The van der Waals surface area contributed by atoms with E-state index in [2.05, 4.69) is 5.32 Å². The Hall–Kier alpha value is -3.91. The van der Waals surface area contributed by atoms with Crippen molar-refractivity contribution in [1.82, 2.24) is 0 Å². The number of nitrogens with one attached hydrogen (secondary N) is 1.